The molecule has 0 saturated heterocycles. The van der Waals surface area contributed by atoms with Crippen LogP contribution >= 0.6 is 0 Å². The van der Waals surface area contributed by atoms with E-state index in [0.717, 1.165) is 45.5 Å². The maximum atomic E-state index is 6.04. The lowest BCUT2D eigenvalue weighted by Crippen LogP contribution is -2.39. The second-order valence-corrected chi connectivity index (χ2v) is 8.12. The second-order valence-electron chi connectivity index (χ2n) is 8.12. The predicted molar refractivity (Wildman–Crippen MR) is 133 cm³/mol. The average molecular weight is 421 g/mol. The summed E-state index contributed by atoms with van der Waals surface area (Å²) in [6.07, 6.45) is 1.43. The van der Waals surface area contributed by atoms with Crippen molar-refractivity contribution >= 4 is 35.1 Å². The van der Waals surface area contributed by atoms with Crippen molar-refractivity contribution in [2.24, 2.45) is 15.0 Å². The first kappa shape index (κ1) is 21.0. The van der Waals surface area contributed by atoms with Gasteiger partial charge in [0.15, 0.2) is 5.84 Å². The molecule has 1 aliphatic heterocycles. The third-order valence-electron chi connectivity index (χ3n) is 5.04. The van der Waals surface area contributed by atoms with E-state index in [-0.39, 0.29) is 5.54 Å². The van der Waals surface area contributed by atoms with Gasteiger partial charge in [0.05, 0.1) is 17.6 Å². The number of nitrogens with two attached hydrogens (primary N) is 1. The molecule has 1 aliphatic rings. The molecular weight excluding hydrogens is 396 g/mol. The summed E-state index contributed by atoms with van der Waals surface area (Å²) in [5, 5.41) is 4.35. The number of benzene rings is 2. The molecule has 4 rings (SSSR count). The quantitative estimate of drug-likeness (QED) is 0.382. The zero-order valence-corrected chi connectivity index (χ0v) is 18.2. The Morgan fingerprint density at radius 1 is 1.16 bits per heavy atom. The summed E-state index contributed by atoms with van der Waals surface area (Å²) in [6.45, 7) is 12.2. The number of nitrogens with zero attached hydrogens (tertiary/aromatic N) is 4. The number of nitrogens with one attached hydrogen (secondary N) is 1. The summed E-state index contributed by atoms with van der Waals surface area (Å²) in [6, 6.07) is 15.6. The zero-order valence-electron chi connectivity index (χ0n) is 18.2. The first-order valence-corrected chi connectivity index (χ1v) is 10.2. The van der Waals surface area contributed by atoms with Crippen molar-refractivity contribution in [1.82, 2.24) is 10.3 Å². The van der Waals surface area contributed by atoms with E-state index < -0.39 is 0 Å². The maximum Gasteiger partial charge on any atom is 0.158 e. The van der Waals surface area contributed by atoms with Gasteiger partial charge in [-0.2, -0.15) is 0 Å². The van der Waals surface area contributed by atoms with Crippen LogP contribution in [0.3, 0.4) is 0 Å². The van der Waals surface area contributed by atoms with E-state index in [2.05, 4.69) is 64.3 Å². The molecule has 1 aromatic heterocycles. The van der Waals surface area contributed by atoms with Crippen LogP contribution in [0, 0.1) is 11.8 Å². The molecule has 3 aromatic rings. The molecule has 6 nitrogen and oxygen atoms in total. The minimum absolute atomic E-state index is 0.00392. The fraction of sp³-hybridized carbons (Fsp3) is 0.154. The molecule has 32 heavy (non-hydrogen) atoms. The SMILES string of the molecule is C=CN=C(N=C)c1ccc2c(C#Cc3ccc(C4=NCC(C)(C)N4)cc3)cc(N)nc2c1. The van der Waals surface area contributed by atoms with Crippen molar-refractivity contribution in [1.29, 1.82) is 0 Å². The van der Waals surface area contributed by atoms with E-state index in [1.165, 1.54) is 6.20 Å². The topological polar surface area (TPSA) is 88.0 Å². The molecule has 0 spiro atoms. The number of anilines is 1. The Balaban J connectivity index is 1.65. The van der Waals surface area contributed by atoms with Crippen molar-refractivity contribution in [3.05, 3.63) is 83.6 Å². The molecule has 2 aromatic carbocycles. The first-order chi connectivity index (χ1) is 15.4. The van der Waals surface area contributed by atoms with E-state index in [9.17, 15) is 0 Å². The molecule has 0 saturated carbocycles. The van der Waals surface area contributed by atoms with Gasteiger partial charge in [-0.15, -0.1) is 0 Å². The lowest BCUT2D eigenvalue weighted by Gasteiger charge is -2.18. The number of hydrogen-bond acceptors (Lipinski definition) is 5. The van der Waals surface area contributed by atoms with Crippen LogP contribution in [0.2, 0.25) is 0 Å². The van der Waals surface area contributed by atoms with Crippen LogP contribution in [-0.2, 0) is 0 Å². The number of aromatic nitrogens is 1. The molecule has 0 radical (unpaired) electrons. The number of fused-ring (bicyclic) bond motifs is 1. The van der Waals surface area contributed by atoms with Crippen molar-refractivity contribution < 1.29 is 0 Å². The standard InChI is InChI=1S/C26H24N6/c1-5-29-24(28-4)20-12-13-21-19(15-23(27)31-22(21)14-20)11-8-17-6-9-18(10-7-17)25-30-16-26(2,3)32-25/h5-7,9-10,12-15H,1,4,16H2,2-3H3,(H2,27,31)(H,30,32). The zero-order chi connectivity index (χ0) is 22.7. The Morgan fingerprint density at radius 2 is 1.94 bits per heavy atom. The second kappa shape index (κ2) is 8.48. The van der Waals surface area contributed by atoms with Crippen molar-refractivity contribution in [3.8, 4) is 11.8 Å². The number of hydrogen-bond donors (Lipinski definition) is 2. The number of amidine groups is 2. The van der Waals surface area contributed by atoms with Crippen molar-refractivity contribution in [2.45, 2.75) is 19.4 Å². The Bertz CT molecular complexity index is 1330. The van der Waals surface area contributed by atoms with Crippen molar-refractivity contribution in [3.63, 3.8) is 0 Å². The Morgan fingerprint density at radius 3 is 2.59 bits per heavy atom. The van der Waals surface area contributed by atoms with Gasteiger partial charge in [0.1, 0.15) is 11.7 Å². The first-order valence-electron chi connectivity index (χ1n) is 10.2. The van der Waals surface area contributed by atoms with E-state index in [0.29, 0.717) is 11.7 Å². The number of nitrogen functional groups attached to an aromatic ring is 1. The summed E-state index contributed by atoms with van der Waals surface area (Å²) in [4.78, 5) is 17.1. The van der Waals surface area contributed by atoms with E-state index >= 15 is 0 Å². The fourth-order valence-corrected chi connectivity index (χ4v) is 3.48. The van der Waals surface area contributed by atoms with Crippen LogP contribution < -0.4 is 11.1 Å². The average Bonchev–Trinajstić information content (AvgIpc) is 3.15. The molecular formula is C26H24N6. The lowest BCUT2D eigenvalue weighted by molar-refractivity contribution is 0.506. The lowest BCUT2D eigenvalue weighted by atomic mass is 10.0. The molecule has 0 unspecified atom stereocenters. The Kier molecular flexibility index (Phi) is 5.57. The predicted octanol–water partition coefficient (Wildman–Crippen LogP) is 3.94. The summed E-state index contributed by atoms with van der Waals surface area (Å²) in [7, 11) is 0. The Labute approximate surface area is 187 Å². The third-order valence-corrected chi connectivity index (χ3v) is 5.04. The maximum absolute atomic E-state index is 6.04. The van der Waals surface area contributed by atoms with E-state index in [4.69, 9.17) is 5.73 Å². The molecule has 0 bridgehead atoms. The van der Waals surface area contributed by atoms with Gasteiger partial charge in [-0.25, -0.2) is 15.0 Å². The van der Waals surface area contributed by atoms with Gasteiger partial charge in [0.25, 0.3) is 0 Å². The highest BCUT2D eigenvalue weighted by Gasteiger charge is 2.25. The van der Waals surface area contributed by atoms with Gasteiger partial charge in [0, 0.05) is 33.8 Å². The van der Waals surface area contributed by atoms with Crippen LogP contribution in [-0.4, -0.2) is 35.5 Å². The molecule has 0 aliphatic carbocycles. The summed E-state index contributed by atoms with van der Waals surface area (Å²) in [5.74, 6) is 8.26. The molecule has 6 heteroatoms. The smallest absolute Gasteiger partial charge is 0.158 e. The van der Waals surface area contributed by atoms with Gasteiger partial charge >= 0.3 is 0 Å². The van der Waals surface area contributed by atoms with Crippen LogP contribution in [0.5, 0.6) is 0 Å². The van der Waals surface area contributed by atoms with Crippen LogP contribution in [0.25, 0.3) is 10.9 Å². The molecule has 0 fully saturated rings. The molecule has 0 atom stereocenters. The van der Waals surface area contributed by atoms with Crippen molar-refractivity contribution in [2.75, 3.05) is 12.3 Å². The normalized spacial score (nSPS) is 14.8. The molecule has 3 N–H and O–H groups in total. The number of aliphatic imine (C=N–C) groups is 3. The van der Waals surface area contributed by atoms with Crippen LogP contribution in [0.15, 0.2) is 76.3 Å². The Hall–Kier alpha value is -4.24. The van der Waals surface area contributed by atoms with Crippen LogP contribution in [0.1, 0.15) is 36.1 Å². The number of rotatable bonds is 3. The summed E-state index contributed by atoms with van der Waals surface area (Å²) in [5.41, 5.74) is 10.3. The highest BCUT2D eigenvalue weighted by atomic mass is 15.1. The monoisotopic (exact) mass is 420 g/mol. The van der Waals surface area contributed by atoms with Gasteiger partial charge in [-0.1, -0.05) is 42.7 Å². The van der Waals surface area contributed by atoms with Gasteiger partial charge in [-0.3, -0.25) is 4.99 Å². The highest BCUT2D eigenvalue weighted by Crippen LogP contribution is 2.21. The molecule has 2 heterocycles. The van der Waals surface area contributed by atoms with Gasteiger partial charge < -0.3 is 11.1 Å². The fourth-order valence-electron chi connectivity index (χ4n) is 3.48. The van der Waals surface area contributed by atoms with E-state index in [1.807, 2.05) is 42.5 Å². The highest BCUT2D eigenvalue weighted by molar-refractivity contribution is 6.04. The largest absolute Gasteiger partial charge is 0.384 e. The number of pyridine rings is 1. The molecule has 158 valence electrons. The minimum Gasteiger partial charge on any atom is -0.384 e. The molecule has 0 amide bonds. The van der Waals surface area contributed by atoms with E-state index in [1.54, 1.807) is 6.07 Å². The van der Waals surface area contributed by atoms with Gasteiger partial charge in [0.2, 0.25) is 0 Å². The minimum atomic E-state index is -0.00392. The third kappa shape index (κ3) is 4.42. The summed E-state index contributed by atoms with van der Waals surface area (Å²) < 4.78 is 0. The van der Waals surface area contributed by atoms with Crippen LogP contribution in [0.4, 0.5) is 5.82 Å². The van der Waals surface area contributed by atoms with Gasteiger partial charge in [-0.05, 0) is 44.8 Å². The summed E-state index contributed by atoms with van der Waals surface area (Å²) >= 11 is 0.